The number of rotatable bonds is 4. The lowest BCUT2D eigenvalue weighted by Gasteiger charge is -2.13. The van der Waals surface area contributed by atoms with Gasteiger partial charge in [-0.05, 0) is 18.2 Å². The van der Waals surface area contributed by atoms with Crippen LogP contribution in [0.5, 0.6) is 5.75 Å². The number of benzene rings is 1. The average Bonchev–Trinajstić information content (AvgIpc) is 2.83. The third-order valence-electron chi connectivity index (χ3n) is 2.56. The third kappa shape index (κ3) is 3.99. The van der Waals surface area contributed by atoms with Gasteiger partial charge in [-0.25, -0.2) is 0 Å². The van der Waals surface area contributed by atoms with Crippen molar-refractivity contribution in [3.8, 4) is 5.75 Å². The maximum absolute atomic E-state index is 12.5. The first-order valence-corrected chi connectivity index (χ1v) is 6.07. The second-order valence-electron chi connectivity index (χ2n) is 3.95. The van der Waals surface area contributed by atoms with Gasteiger partial charge < -0.3 is 14.2 Å². The molecule has 0 spiro atoms. The predicted molar refractivity (Wildman–Crippen MR) is 62.3 cm³/mol. The first-order valence-electron chi connectivity index (χ1n) is 5.69. The molecule has 1 saturated heterocycles. The van der Waals surface area contributed by atoms with Crippen molar-refractivity contribution >= 4 is 11.6 Å². The molecule has 7 heteroatoms. The van der Waals surface area contributed by atoms with Gasteiger partial charge in [0.1, 0.15) is 5.75 Å². The molecule has 0 radical (unpaired) electrons. The Balaban J connectivity index is 1.94. The van der Waals surface area contributed by atoms with Crippen LogP contribution in [0.2, 0.25) is 5.02 Å². The lowest BCUT2D eigenvalue weighted by Crippen LogP contribution is -2.13. The fraction of sp³-hybridized carbons (Fsp3) is 0.500. The second kappa shape index (κ2) is 5.98. The third-order valence-corrected chi connectivity index (χ3v) is 2.87. The van der Waals surface area contributed by atoms with Crippen LogP contribution in [0.15, 0.2) is 18.2 Å². The highest BCUT2D eigenvalue weighted by molar-refractivity contribution is 6.32. The van der Waals surface area contributed by atoms with Gasteiger partial charge in [-0.2, -0.15) is 13.2 Å². The Morgan fingerprint density at radius 3 is 2.58 bits per heavy atom. The Hall–Kier alpha value is -0.980. The molecule has 1 aromatic carbocycles. The topological polar surface area (TPSA) is 27.7 Å². The van der Waals surface area contributed by atoms with Crippen LogP contribution in [-0.2, 0) is 15.7 Å². The van der Waals surface area contributed by atoms with E-state index in [9.17, 15) is 13.2 Å². The summed E-state index contributed by atoms with van der Waals surface area (Å²) in [6.07, 6.45) is -4.34. The van der Waals surface area contributed by atoms with Crippen LogP contribution in [0.4, 0.5) is 13.2 Å². The summed E-state index contributed by atoms with van der Waals surface area (Å²) in [5.74, 6) is 0.00879. The van der Waals surface area contributed by atoms with E-state index in [-0.39, 0.29) is 23.7 Å². The number of halogens is 4. The summed E-state index contributed by atoms with van der Waals surface area (Å²) in [6.45, 7) is 1.22. The maximum Gasteiger partial charge on any atom is 0.416 e. The van der Waals surface area contributed by atoms with Gasteiger partial charge in [0.15, 0.2) is 6.29 Å². The summed E-state index contributed by atoms with van der Waals surface area (Å²) in [7, 11) is 0. The molecule has 1 aliphatic rings. The molecule has 1 fully saturated rings. The molecule has 19 heavy (non-hydrogen) atoms. The fourth-order valence-corrected chi connectivity index (χ4v) is 1.80. The highest BCUT2D eigenvalue weighted by Gasteiger charge is 2.31. The lowest BCUT2D eigenvalue weighted by atomic mass is 10.2. The minimum Gasteiger partial charge on any atom is -0.492 e. The number of alkyl halides is 3. The van der Waals surface area contributed by atoms with Gasteiger partial charge >= 0.3 is 6.18 Å². The molecule has 0 atom stereocenters. The Kier molecular flexibility index (Phi) is 4.54. The Morgan fingerprint density at radius 2 is 1.95 bits per heavy atom. The smallest absolute Gasteiger partial charge is 0.416 e. The van der Waals surface area contributed by atoms with Crippen molar-refractivity contribution in [3.05, 3.63) is 28.8 Å². The second-order valence-corrected chi connectivity index (χ2v) is 4.36. The van der Waals surface area contributed by atoms with Crippen molar-refractivity contribution in [2.45, 2.75) is 18.9 Å². The van der Waals surface area contributed by atoms with E-state index in [4.69, 9.17) is 25.8 Å². The summed E-state index contributed by atoms with van der Waals surface area (Å²) >= 11 is 5.79. The van der Waals surface area contributed by atoms with E-state index < -0.39 is 11.7 Å². The molecule has 1 aliphatic heterocycles. The standard InChI is InChI=1S/C12H12ClF3O3/c13-9-2-1-8(12(14,15)16)7-10(9)17-4-3-11-18-5-6-19-11/h1-2,7,11H,3-6H2. The normalized spacial score (nSPS) is 16.8. The zero-order chi connectivity index (χ0) is 13.9. The van der Waals surface area contributed by atoms with Crippen LogP contribution < -0.4 is 4.74 Å². The summed E-state index contributed by atoms with van der Waals surface area (Å²) in [4.78, 5) is 0. The van der Waals surface area contributed by atoms with E-state index in [1.165, 1.54) is 6.07 Å². The van der Waals surface area contributed by atoms with Crippen molar-refractivity contribution in [1.29, 1.82) is 0 Å². The molecule has 1 heterocycles. The zero-order valence-corrected chi connectivity index (χ0v) is 10.6. The predicted octanol–water partition coefficient (Wildman–Crippen LogP) is 3.50. The van der Waals surface area contributed by atoms with Crippen LogP contribution in [0.1, 0.15) is 12.0 Å². The molecule has 0 unspecified atom stereocenters. The molecule has 0 amide bonds. The summed E-state index contributed by atoms with van der Waals surface area (Å²) in [6, 6.07) is 2.97. The van der Waals surface area contributed by atoms with Gasteiger partial charge in [0.25, 0.3) is 0 Å². The van der Waals surface area contributed by atoms with Gasteiger partial charge in [0.2, 0.25) is 0 Å². The quantitative estimate of drug-likeness (QED) is 0.851. The average molecular weight is 297 g/mol. The maximum atomic E-state index is 12.5. The first kappa shape index (κ1) is 14.4. The molecule has 1 aromatic rings. The molecule has 3 nitrogen and oxygen atoms in total. The molecule has 2 rings (SSSR count). The van der Waals surface area contributed by atoms with Crippen molar-refractivity contribution in [2.75, 3.05) is 19.8 Å². The summed E-state index contributed by atoms with van der Waals surface area (Å²) in [5.41, 5.74) is -0.791. The SMILES string of the molecule is FC(F)(F)c1ccc(Cl)c(OCCC2OCCO2)c1. The molecule has 106 valence electrons. The first-order chi connectivity index (χ1) is 8.97. The van der Waals surface area contributed by atoms with Gasteiger partial charge in [0, 0.05) is 6.42 Å². The summed E-state index contributed by atoms with van der Waals surface area (Å²) < 4.78 is 53.2. The molecule has 0 saturated carbocycles. The van der Waals surface area contributed by atoms with Crippen molar-refractivity contribution < 1.29 is 27.4 Å². The minimum absolute atomic E-state index is 0.00879. The van der Waals surface area contributed by atoms with E-state index in [1.54, 1.807) is 0 Å². The van der Waals surface area contributed by atoms with E-state index >= 15 is 0 Å². The highest BCUT2D eigenvalue weighted by Crippen LogP contribution is 2.35. The van der Waals surface area contributed by atoms with Crippen LogP contribution in [0.25, 0.3) is 0 Å². The van der Waals surface area contributed by atoms with E-state index in [2.05, 4.69) is 0 Å². The molecule has 0 aromatic heterocycles. The number of hydrogen-bond acceptors (Lipinski definition) is 3. The minimum atomic E-state index is -4.42. The Labute approximate surface area is 113 Å². The van der Waals surface area contributed by atoms with Crippen LogP contribution >= 0.6 is 11.6 Å². The summed E-state index contributed by atoms with van der Waals surface area (Å²) in [5, 5.41) is 0.140. The molecule has 0 N–H and O–H groups in total. The monoisotopic (exact) mass is 296 g/mol. The molecular formula is C12H12ClF3O3. The van der Waals surface area contributed by atoms with Gasteiger partial charge in [0.05, 0.1) is 30.4 Å². The fourth-order valence-electron chi connectivity index (χ4n) is 1.63. The van der Waals surface area contributed by atoms with Crippen LogP contribution in [-0.4, -0.2) is 26.1 Å². The van der Waals surface area contributed by atoms with Crippen molar-refractivity contribution in [3.63, 3.8) is 0 Å². The Bertz CT molecular complexity index is 431. The number of hydrogen-bond donors (Lipinski definition) is 0. The van der Waals surface area contributed by atoms with Crippen molar-refractivity contribution in [1.82, 2.24) is 0 Å². The van der Waals surface area contributed by atoms with E-state index in [0.29, 0.717) is 19.6 Å². The van der Waals surface area contributed by atoms with Crippen LogP contribution in [0, 0.1) is 0 Å². The number of ether oxygens (including phenoxy) is 3. The van der Waals surface area contributed by atoms with Crippen molar-refractivity contribution in [2.24, 2.45) is 0 Å². The lowest BCUT2D eigenvalue weighted by molar-refractivity contribution is -0.137. The zero-order valence-electron chi connectivity index (χ0n) is 9.87. The van der Waals surface area contributed by atoms with E-state index in [1.807, 2.05) is 0 Å². The molecular weight excluding hydrogens is 285 g/mol. The van der Waals surface area contributed by atoms with Crippen LogP contribution in [0.3, 0.4) is 0 Å². The molecule has 0 aliphatic carbocycles. The van der Waals surface area contributed by atoms with Gasteiger partial charge in [-0.3, -0.25) is 0 Å². The molecule has 0 bridgehead atoms. The van der Waals surface area contributed by atoms with E-state index in [0.717, 1.165) is 12.1 Å². The van der Waals surface area contributed by atoms with Gasteiger partial charge in [-0.1, -0.05) is 11.6 Å². The largest absolute Gasteiger partial charge is 0.492 e. The highest BCUT2D eigenvalue weighted by atomic mass is 35.5. The van der Waals surface area contributed by atoms with Gasteiger partial charge in [-0.15, -0.1) is 0 Å². The Morgan fingerprint density at radius 1 is 1.26 bits per heavy atom.